The molecule has 0 radical (unpaired) electrons. The third kappa shape index (κ3) is 3.61. The summed E-state index contributed by atoms with van der Waals surface area (Å²) in [6.07, 6.45) is 1.45. The maximum Gasteiger partial charge on any atom is 0.287 e. The van der Waals surface area contributed by atoms with E-state index in [4.69, 9.17) is 4.42 Å². The first-order valence-corrected chi connectivity index (χ1v) is 7.96. The van der Waals surface area contributed by atoms with E-state index in [1.54, 1.807) is 12.1 Å². The molecule has 0 fully saturated rings. The number of rotatable bonds is 5. The maximum atomic E-state index is 11.8. The number of carbonyl (C=O) groups is 1. The summed E-state index contributed by atoms with van der Waals surface area (Å²) in [5.74, 6) is 0.520. The Kier molecular flexibility index (Phi) is 4.66. The van der Waals surface area contributed by atoms with Crippen LogP contribution in [0.15, 0.2) is 41.0 Å². The van der Waals surface area contributed by atoms with Crippen molar-refractivity contribution in [3.63, 3.8) is 0 Å². The lowest BCUT2D eigenvalue weighted by atomic mass is 10.1. The van der Waals surface area contributed by atoms with Gasteiger partial charge in [0, 0.05) is 18.5 Å². The number of aromatic nitrogens is 1. The van der Waals surface area contributed by atoms with Gasteiger partial charge in [-0.3, -0.25) is 4.79 Å². The second-order valence-electron chi connectivity index (χ2n) is 5.81. The first-order valence-electron chi connectivity index (χ1n) is 7.96. The number of anilines is 1. The molecule has 2 heterocycles. The number of hydrogen-bond donors (Lipinski definition) is 2. The molecule has 0 saturated carbocycles. The predicted octanol–water partition coefficient (Wildman–Crippen LogP) is 3.16. The molecule has 126 valence electrons. The van der Waals surface area contributed by atoms with E-state index in [0.717, 1.165) is 22.0 Å². The summed E-state index contributed by atoms with van der Waals surface area (Å²) in [5.41, 5.74) is 3.55. The van der Waals surface area contributed by atoms with Crippen molar-refractivity contribution < 1.29 is 9.21 Å². The highest BCUT2D eigenvalue weighted by Crippen LogP contribution is 2.23. The molecule has 1 amide bonds. The van der Waals surface area contributed by atoms with Crippen LogP contribution < -0.4 is 10.6 Å². The van der Waals surface area contributed by atoms with Crippen molar-refractivity contribution in [1.29, 1.82) is 5.26 Å². The molecule has 25 heavy (non-hydrogen) atoms. The first kappa shape index (κ1) is 16.5. The summed E-state index contributed by atoms with van der Waals surface area (Å²) in [4.78, 5) is 16.4. The number of furan rings is 1. The van der Waals surface area contributed by atoms with Crippen LogP contribution >= 0.6 is 0 Å². The Hall–Kier alpha value is -3.33. The lowest BCUT2D eigenvalue weighted by Gasteiger charge is -2.11. The van der Waals surface area contributed by atoms with Gasteiger partial charge in [-0.2, -0.15) is 5.26 Å². The molecule has 0 aliphatic heterocycles. The van der Waals surface area contributed by atoms with Gasteiger partial charge < -0.3 is 15.1 Å². The highest BCUT2D eigenvalue weighted by atomic mass is 16.3. The monoisotopic (exact) mass is 334 g/mol. The van der Waals surface area contributed by atoms with Crippen molar-refractivity contribution in [2.45, 2.75) is 13.8 Å². The van der Waals surface area contributed by atoms with E-state index in [1.165, 1.54) is 6.26 Å². The lowest BCUT2D eigenvalue weighted by molar-refractivity contribution is 0.0927. The SMILES string of the molecule is Cc1cc(C)c2nc(NCCNC(=O)c3ccco3)c(C#N)cc2c1. The largest absolute Gasteiger partial charge is 0.459 e. The lowest BCUT2D eigenvalue weighted by Crippen LogP contribution is -2.28. The zero-order valence-electron chi connectivity index (χ0n) is 14.1. The Morgan fingerprint density at radius 1 is 1.28 bits per heavy atom. The number of carbonyl (C=O) groups excluding carboxylic acids is 1. The fourth-order valence-corrected chi connectivity index (χ4v) is 2.72. The number of nitrogens with one attached hydrogen (secondary N) is 2. The second-order valence-corrected chi connectivity index (χ2v) is 5.81. The van der Waals surface area contributed by atoms with Crippen molar-refractivity contribution >= 4 is 22.6 Å². The summed E-state index contributed by atoms with van der Waals surface area (Å²) in [6.45, 7) is 4.86. The van der Waals surface area contributed by atoms with Gasteiger partial charge in [-0.25, -0.2) is 4.98 Å². The van der Waals surface area contributed by atoms with Crippen LogP contribution in [0.25, 0.3) is 10.9 Å². The van der Waals surface area contributed by atoms with Gasteiger partial charge in [0.15, 0.2) is 5.76 Å². The molecule has 0 aliphatic rings. The van der Waals surface area contributed by atoms with Gasteiger partial charge in [0.25, 0.3) is 5.91 Å². The standard InChI is InChI=1S/C19H18N4O2/c1-12-8-13(2)17-14(9-12)10-15(11-20)18(23-17)21-5-6-22-19(24)16-4-3-7-25-16/h3-4,7-10H,5-6H2,1-2H3,(H,21,23)(H,22,24). The van der Waals surface area contributed by atoms with E-state index < -0.39 is 0 Å². The number of hydrogen-bond acceptors (Lipinski definition) is 5. The van der Waals surface area contributed by atoms with Gasteiger partial charge in [-0.1, -0.05) is 11.6 Å². The molecule has 1 aromatic carbocycles. The van der Waals surface area contributed by atoms with Crippen LogP contribution in [-0.2, 0) is 0 Å². The van der Waals surface area contributed by atoms with Crippen LogP contribution in [0.5, 0.6) is 0 Å². The quantitative estimate of drug-likeness (QED) is 0.699. The first-order chi connectivity index (χ1) is 12.1. The number of benzene rings is 1. The molecule has 6 heteroatoms. The van der Waals surface area contributed by atoms with Crippen LogP contribution in [0.1, 0.15) is 27.2 Å². The molecule has 0 unspecified atom stereocenters. The van der Waals surface area contributed by atoms with Crippen LogP contribution in [-0.4, -0.2) is 24.0 Å². The summed E-state index contributed by atoms with van der Waals surface area (Å²) in [5, 5.41) is 16.2. The Bertz CT molecular complexity index is 956. The van der Waals surface area contributed by atoms with Crippen molar-refractivity contribution in [3.05, 3.63) is 59.0 Å². The zero-order chi connectivity index (χ0) is 17.8. The minimum Gasteiger partial charge on any atom is -0.459 e. The zero-order valence-corrected chi connectivity index (χ0v) is 14.1. The smallest absolute Gasteiger partial charge is 0.287 e. The number of pyridine rings is 1. The summed E-state index contributed by atoms with van der Waals surface area (Å²) < 4.78 is 5.03. The molecular formula is C19H18N4O2. The fourth-order valence-electron chi connectivity index (χ4n) is 2.72. The van der Waals surface area contributed by atoms with Crippen molar-refractivity contribution in [1.82, 2.24) is 10.3 Å². The van der Waals surface area contributed by atoms with Gasteiger partial charge >= 0.3 is 0 Å². The highest BCUT2D eigenvalue weighted by molar-refractivity contribution is 5.91. The molecule has 3 aromatic rings. The number of amides is 1. The molecule has 0 spiro atoms. The number of fused-ring (bicyclic) bond motifs is 1. The van der Waals surface area contributed by atoms with Gasteiger partial charge in [0.1, 0.15) is 11.9 Å². The van der Waals surface area contributed by atoms with Gasteiger partial charge in [0.2, 0.25) is 0 Å². The summed E-state index contributed by atoms with van der Waals surface area (Å²) >= 11 is 0. The summed E-state index contributed by atoms with van der Waals surface area (Å²) in [7, 11) is 0. The normalized spacial score (nSPS) is 10.4. The topological polar surface area (TPSA) is 90.9 Å². The molecule has 2 N–H and O–H groups in total. The second kappa shape index (κ2) is 7.05. The third-order valence-electron chi connectivity index (χ3n) is 3.82. The van der Waals surface area contributed by atoms with E-state index in [1.807, 2.05) is 26.0 Å². The number of nitriles is 1. The predicted molar refractivity (Wildman–Crippen MR) is 95.5 cm³/mol. The van der Waals surface area contributed by atoms with E-state index >= 15 is 0 Å². The molecule has 6 nitrogen and oxygen atoms in total. The molecule has 0 aliphatic carbocycles. The average Bonchev–Trinajstić information content (AvgIpc) is 3.12. The Morgan fingerprint density at radius 2 is 2.12 bits per heavy atom. The van der Waals surface area contributed by atoms with E-state index in [9.17, 15) is 10.1 Å². The minimum absolute atomic E-state index is 0.271. The molecule has 0 bridgehead atoms. The molecule has 0 atom stereocenters. The molecular weight excluding hydrogens is 316 g/mol. The van der Waals surface area contributed by atoms with Gasteiger partial charge in [0.05, 0.1) is 17.3 Å². The van der Waals surface area contributed by atoms with Crippen LogP contribution in [0.2, 0.25) is 0 Å². The molecule has 0 saturated heterocycles. The number of nitrogens with zero attached hydrogens (tertiary/aromatic N) is 2. The van der Waals surface area contributed by atoms with Crippen molar-refractivity contribution in [2.75, 3.05) is 18.4 Å². The van der Waals surface area contributed by atoms with Gasteiger partial charge in [-0.15, -0.1) is 0 Å². The van der Waals surface area contributed by atoms with E-state index in [0.29, 0.717) is 24.5 Å². The third-order valence-corrected chi connectivity index (χ3v) is 3.82. The van der Waals surface area contributed by atoms with Crippen LogP contribution in [0.4, 0.5) is 5.82 Å². The summed E-state index contributed by atoms with van der Waals surface area (Å²) in [6, 6.07) is 11.4. The van der Waals surface area contributed by atoms with Crippen LogP contribution in [0, 0.1) is 25.2 Å². The molecule has 3 rings (SSSR count). The fraction of sp³-hybridized carbons (Fsp3) is 0.211. The average molecular weight is 334 g/mol. The van der Waals surface area contributed by atoms with Crippen LogP contribution in [0.3, 0.4) is 0 Å². The van der Waals surface area contributed by atoms with E-state index in [-0.39, 0.29) is 11.7 Å². The highest BCUT2D eigenvalue weighted by Gasteiger charge is 2.10. The number of aryl methyl sites for hydroxylation is 2. The Balaban J connectivity index is 1.70. The minimum atomic E-state index is -0.273. The van der Waals surface area contributed by atoms with Gasteiger partial charge in [-0.05, 0) is 43.7 Å². The Labute approximate surface area is 145 Å². The Morgan fingerprint density at radius 3 is 2.84 bits per heavy atom. The van der Waals surface area contributed by atoms with Crippen molar-refractivity contribution in [2.24, 2.45) is 0 Å². The maximum absolute atomic E-state index is 11.8. The van der Waals surface area contributed by atoms with E-state index in [2.05, 4.69) is 27.8 Å². The molecule has 2 aromatic heterocycles. The van der Waals surface area contributed by atoms with Crippen molar-refractivity contribution in [3.8, 4) is 6.07 Å².